The molecule has 2 heterocycles. The van der Waals surface area contributed by atoms with E-state index in [0.717, 1.165) is 18.1 Å². The van der Waals surface area contributed by atoms with E-state index in [4.69, 9.17) is 14.4 Å². The fourth-order valence-electron chi connectivity index (χ4n) is 2.49. The Balaban J connectivity index is 0.000000628. The van der Waals surface area contributed by atoms with E-state index in [2.05, 4.69) is 20.4 Å². The molecule has 4 rings (SSSR count). The van der Waals surface area contributed by atoms with Crippen molar-refractivity contribution in [1.29, 1.82) is 0 Å². The Kier molecular flexibility index (Phi) is 6.79. The zero-order chi connectivity index (χ0) is 22.2. The molecule has 31 heavy (non-hydrogen) atoms. The number of nitrogens with zero attached hydrogens (tertiary/aromatic N) is 3. The highest BCUT2D eigenvalue weighted by Gasteiger charge is 2.13. The molecule has 8 nitrogen and oxygen atoms in total. The van der Waals surface area contributed by atoms with Gasteiger partial charge >= 0.3 is 0 Å². The van der Waals surface area contributed by atoms with Crippen LogP contribution < -0.4 is 5.32 Å². The number of anilines is 1. The number of halogens is 1. The van der Waals surface area contributed by atoms with Gasteiger partial charge in [0.2, 0.25) is 5.82 Å². The lowest BCUT2D eigenvalue weighted by molar-refractivity contribution is -0.134. The molecule has 0 atom stereocenters. The smallest absolute Gasteiger partial charge is 0.300 e. The largest absolute Gasteiger partial charge is 0.481 e. The SMILES string of the molecule is CC(=O)O.O=C(Nc1ccc(-c2noc(-c3cccnc3)n2)cc1)c1ccccc1F. The summed E-state index contributed by atoms with van der Waals surface area (Å²) >= 11 is 0. The van der Waals surface area contributed by atoms with Crippen LogP contribution in [0.15, 0.2) is 77.6 Å². The molecule has 0 fully saturated rings. The van der Waals surface area contributed by atoms with Gasteiger partial charge in [-0.2, -0.15) is 4.98 Å². The number of hydrogen-bond donors (Lipinski definition) is 2. The minimum absolute atomic E-state index is 0.0131. The molecule has 2 aromatic heterocycles. The number of amides is 1. The molecule has 0 aliphatic carbocycles. The second kappa shape index (κ2) is 9.88. The molecule has 4 aromatic rings. The van der Waals surface area contributed by atoms with Crippen molar-refractivity contribution in [3.63, 3.8) is 0 Å². The highest BCUT2D eigenvalue weighted by atomic mass is 19.1. The molecule has 2 aromatic carbocycles. The van der Waals surface area contributed by atoms with Gasteiger partial charge in [0.05, 0.1) is 11.1 Å². The second-order valence-electron chi connectivity index (χ2n) is 6.20. The lowest BCUT2D eigenvalue weighted by Gasteiger charge is -2.06. The van der Waals surface area contributed by atoms with E-state index in [0.29, 0.717) is 17.4 Å². The van der Waals surface area contributed by atoms with Crippen molar-refractivity contribution >= 4 is 17.6 Å². The normalized spacial score (nSPS) is 10.0. The predicted octanol–water partition coefficient (Wildman–Crippen LogP) is 4.28. The molecule has 0 bridgehead atoms. The number of hydrogen-bond acceptors (Lipinski definition) is 6. The Labute approximate surface area is 176 Å². The Morgan fingerprint density at radius 3 is 2.35 bits per heavy atom. The molecule has 0 saturated heterocycles. The summed E-state index contributed by atoms with van der Waals surface area (Å²) in [7, 11) is 0. The number of benzene rings is 2. The van der Waals surface area contributed by atoms with E-state index in [-0.39, 0.29) is 5.56 Å². The third-order valence-electron chi connectivity index (χ3n) is 3.85. The molecule has 9 heteroatoms. The molecule has 0 aliphatic rings. The highest BCUT2D eigenvalue weighted by Crippen LogP contribution is 2.23. The Morgan fingerprint density at radius 1 is 1.00 bits per heavy atom. The van der Waals surface area contributed by atoms with Gasteiger partial charge in [-0.15, -0.1) is 0 Å². The van der Waals surface area contributed by atoms with Crippen molar-refractivity contribution in [2.45, 2.75) is 6.92 Å². The van der Waals surface area contributed by atoms with Gasteiger partial charge in [-0.1, -0.05) is 17.3 Å². The van der Waals surface area contributed by atoms with Crippen LogP contribution in [-0.2, 0) is 4.79 Å². The van der Waals surface area contributed by atoms with Gasteiger partial charge in [-0.05, 0) is 48.5 Å². The first-order chi connectivity index (χ1) is 14.9. The van der Waals surface area contributed by atoms with Crippen molar-refractivity contribution < 1.29 is 23.6 Å². The van der Waals surface area contributed by atoms with Gasteiger partial charge in [0.1, 0.15) is 5.82 Å². The van der Waals surface area contributed by atoms with Crippen molar-refractivity contribution in [2.75, 3.05) is 5.32 Å². The van der Waals surface area contributed by atoms with E-state index in [1.165, 1.54) is 18.2 Å². The van der Waals surface area contributed by atoms with Crippen LogP contribution in [0.4, 0.5) is 10.1 Å². The van der Waals surface area contributed by atoms with Crippen LogP contribution in [0.1, 0.15) is 17.3 Å². The highest BCUT2D eigenvalue weighted by molar-refractivity contribution is 6.04. The van der Waals surface area contributed by atoms with E-state index in [1.54, 1.807) is 48.8 Å². The van der Waals surface area contributed by atoms with E-state index >= 15 is 0 Å². The summed E-state index contributed by atoms with van der Waals surface area (Å²) in [6, 6.07) is 16.3. The molecule has 1 amide bonds. The summed E-state index contributed by atoms with van der Waals surface area (Å²) in [5.41, 5.74) is 1.96. The summed E-state index contributed by atoms with van der Waals surface area (Å²) in [6.45, 7) is 1.08. The zero-order valence-corrected chi connectivity index (χ0v) is 16.3. The van der Waals surface area contributed by atoms with Crippen LogP contribution in [0.25, 0.3) is 22.8 Å². The molecule has 156 valence electrons. The molecule has 0 radical (unpaired) electrons. The first-order valence-corrected chi connectivity index (χ1v) is 9.04. The van der Waals surface area contributed by atoms with E-state index in [1.807, 2.05) is 6.07 Å². The summed E-state index contributed by atoms with van der Waals surface area (Å²) in [5, 5.41) is 14.0. The minimum atomic E-state index is -0.833. The monoisotopic (exact) mass is 420 g/mol. The predicted molar refractivity (Wildman–Crippen MR) is 111 cm³/mol. The van der Waals surface area contributed by atoms with Gasteiger partial charge in [0, 0.05) is 30.6 Å². The maximum Gasteiger partial charge on any atom is 0.300 e. The zero-order valence-electron chi connectivity index (χ0n) is 16.3. The molecule has 0 spiro atoms. The summed E-state index contributed by atoms with van der Waals surface area (Å²) < 4.78 is 18.9. The number of pyridine rings is 1. The molecular weight excluding hydrogens is 403 g/mol. The summed E-state index contributed by atoms with van der Waals surface area (Å²) in [4.78, 5) is 29.5. The number of nitrogens with one attached hydrogen (secondary N) is 1. The van der Waals surface area contributed by atoms with Crippen molar-refractivity contribution in [1.82, 2.24) is 15.1 Å². The van der Waals surface area contributed by atoms with Crippen LogP contribution in [0.5, 0.6) is 0 Å². The first-order valence-electron chi connectivity index (χ1n) is 9.04. The van der Waals surface area contributed by atoms with Crippen LogP contribution in [0.3, 0.4) is 0 Å². The number of aromatic nitrogens is 3. The molecule has 0 aliphatic heterocycles. The topological polar surface area (TPSA) is 118 Å². The van der Waals surface area contributed by atoms with Gasteiger partial charge in [0.15, 0.2) is 0 Å². The van der Waals surface area contributed by atoms with Crippen molar-refractivity contribution in [2.24, 2.45) is 0 Å². The second-order valence-corrected chi connectivity index (χ2v) is 6.20. The Hall–Kier alpha value is -4.40. The summed E-state index contributed by atoms with van der Waals surface area (Å²) in [5.74, 6) is -1.13. The lowest BCUT2D eigenvalue weighted by Crippen LogP contribution is -2.13. The first kappa shape index (κ1) is 21.3. The number of carboxylic acid groups (broad SMARTS) is 1. The average molecular weight is 420 g/mol. The van der Waals surface area contributed by atoms with Crippen LogP contribution in [0, 0.1) is 5.82 Å². The quantitative estimate of drug-likeness (QED) is 0.506. The Morgan fingerprint density at radius 2 is 1.71 bits per heavy atom. The molecule has 0 saturated carbocycles. The maximum atomic E-state index is 13.7. The standard InChI is InChI=1S/C20H13FN4O2.C2H4O2/c21-17-6-2-1-5-16(17)19(26)23-15-9-7-13(8-10-15)18-24-20(27-25-18)14-4-3-11-22-12-14;1-2(3)4/h1-12H,(H,23,26);1H3,(H,3,4). The average Bonchev–Trinajstić information content (AvgIpc) is 3.25. The van der Waals surface area contributed by atoms with E-state index in [9.17, 15) is 9.18 Å². The molecule has 2 N–H and O–H groups in total. The van der Waals surface area contributed by atoms with E-state index < -0.39 is 17.7 Å². The fourth-order valence-corrected chi connectivity index (χ4v) is 2.49. The van der Waals surface area contributed by atoms with Crippen LogP contribution >= 0.6 is 0 Å². The minimum Gasteiger partial charge on any atom is -0.481 e. The number of carboxylic acids is 1. The maximum absolute atomic E-state index is 13.7. The van der Waals surface area contributed by atoms with Gasteiger partial charge in [-0.3, -0.25) is 14.6 Å². The van der Waals surface area contributed by atoms with Gasteiger partial charge in [0.25, 0.3) is 17.8 Å². The number of carbonyl (C=O) groups excluding carboxylic acids is 1. The number of carbonyl (C=O) groups is 2. The van der Waals surface area contributed by atoms with Crippen molar-refractivity contribution in [3.05, 3.63) is 84.4 Å². The van der Waals surface area contributed by atoms with Gasteiger partial charge < -0.3 is 14.9 Å². The number of rotatable bonds is 4. The van der Waals surface area contributed by atoms with Crippen LogP contribution in [-0.4, -0.2) is 32.1 Å². The molecule has 0 unspecified atom stereocenters. The third-order valence-corrected chi connectivity index (χ3v) is 3.85. The van der Waals surface area contributed by atoms with Crippen LogP contribution in [0.2, 0.25) is 0 Å². The molecular formula is C22H17FN4O4. The lowest BCUT2D eigenvalue weighted by atomic mass is 10.1. The third kappa shape index (κ3) is 5.80. The Bertz CT molecular complexity index is 1170. The van der Waals surface area contributed by atoms with Gasteiger partial charge in [-0.25, -0.2) is 4.39 Å². The number of aliphatic carboxylic acids is 1. The summed E-state index contributed by atoms with van der Waals surface area (Å²) in [6.07, 6.45) is 3.30. The fraction of sp³-hybridized carbons (Fsp3) is 0.0455. The van der Waals surface area contributed by atoms with Crippen molar-refractivity contribution in [3.8, 4) is 22.8 Å².